The Morgan fingerprint density at radius 3 is 2.65 bits per heavy atom. The Kier molecular flexibility index (Phi) is 5.03. The van der Waals surface area contributed by atoms with E-state index < -0.39 is 0 Å². The third-order valence-electron chi connectivity index (χ3n) is 4.46. The monoisotopic (exact) mass is 321 g/mol. The maximum atomic E-state index is 12.6. The van der Waals surface area contributed by atoms with Crippen LogP contribution in [0.1, 0.15) is 29.6 Å². The number of para-hydroxylation sites is 1. The van der Waals surface area contributed by atoms with Gasteiger partial charge in [-0.1, -0.05) is 6.07 Å². The number of amides is 1. The second kappa shape index (κ2) is 7.19. The van der Waals surface area contributed by atoms with Crippen molar-refractivity contribution in [2.45, 2.75) is 37.5 Å². The number of carbonyl (C=O) groups is 1. The fraction of sp³-hybridized carbons (Fsp3) is 0.588. The van der Waals surface area contributed by atoms with E-state index in [2.05, 4.69) is 5.32 Å². The van der Waals surface area contributed by atoms with E-state index in [1.807, 2.05) is 0 Å². The van der Waals surface area contributed by atoms with Crippen molar-refractivity contribution in [2.75, 3.05) is 27.4 Å². The molecule has 1 aliphatic heterocycles. The van der Waals surface area contributed by atoms with Crippen molar-refractivity contribution in [3.63, 3.8) is 0 Å². The third-order valence-corrected chi connectivity index (χ3v) is 4.46. The van der Waals surface area contributed by atoms with Crippen LogP contribution in [0.15, 0.2) is 18.2 Å². The number of hydrogen-bond acceptors (Lipinski definition) is 5. The summed E-state index contributed by atoms with van der Waals surface area (Å²) in [4.78, 5) is 12.6. The molecule has 3 atom stereocenters. The van der Waals surface area contributed by atoms with Gasteiger partial charge in [0.25, 0.3) is 5.91 Å². The van der Waals surface area contributed by atoms with Gasteiger partial charge in [0.05, 0.1) is 45.2 Å². The molecular formula is C17H23NO5. The van der Waals surface area contributed by atoms with Crippen molar-refractivity contribution < 1.29 is 23.7 Å². The summed E-state index contributed by atoms with van der Waals surface area (Å²) in [5.41, 5.74) is 0.481. The lowest BCUT2D eigenvalue weighted by atomic mass is 9.89. The van der Waals surface area contributed by atoms with Crippen LogP contribution in [-0.2, 0) is 9.47 Å². The third kappa shape index (κ3) is 3.43. The standard InChI is InChI=1S/C17H23NO5/c1-20-14-5-3-4-12(16(14)21-2)17(19)18-11-6-7-13-15(10-11)23-9-8-22-13/h3-5,11,13,15H,6-10H2,1-2H3,(H,18,19). The van der Waals surface area contributed by atoms with Gasteiger partial charge in [-0.15, -0.1) is 0 Å². The largest absolute Gasteiger partial charge is 0.493 e. The number of hydrogen-bond donors (Lipinski definition) is 1. The molecule has 2 aliphatic rings. The van der Waals surface area contributed by atoms with Crippen molar-refractivity contribution in [1.29, 1.82) is 0 Å². The second-order valence-corrected chi connectivity index (χ2v) is 5.84. The summed E-state index contributed by atoms with van der Waals surface area (Å²) >= 11 is 0. The van der Waals surface area contributed by atoms with Gasteiger partial charge in [0.15, 0.2) is 11.5 Å². The lowest BCUT2D eigenvalue weighted by Gasteiger charge is -2.39. The highest BCUT2D eigenvalue weighted by molar-refractivity contribution is 5.98. The number of benzene rings is 1. The van der Waals surface area contributed by atoms with Gasteiger partial charge in [0.2, 0.25) is 0 Å². The highest BCUT2D eigenvalue weighted by atomic mass is 16.6. The molecule has 126 valence electrons. The summed E-state index contributed by atoms with van der Waals surface area (Å²) in [6.45, 7) is 1.30. The van der Waals surface area contributed by atoms with E-state index in [1.165, 1.54) is 7.11 Å². The van der Waals surface area contributed by atoms with Crippen molar-refractivity contribution in [3.8, 4) is 11.5 Å². The SMILES string of the molecule is COc1cccc(C(=O)NC2CCC3OCCOC3C2)c1OC. The highest BCUT2D eigenvalue weighted by Gasteiger charge is 2.35. The summed E-state index contributed by atoms with van der Waals surface area (Å²) in [7, 11) is 3.09. The van der Waals surface area contributed by atoms with Crippen LogP contribution >= 0.6 is 0 Å². The second-order valence-electron chi connectivity index (χ2n) is 5.84. The van der Waals surface area contributed by atoms with Crippen LogP contribution in [0.25, 0.3) is 0 Å². The number of rotatable bonds is 4. The first-order valence-electron chi connectivity index (χ1n) is 7.98. The Morgan fingerprint density at radius 1 is 1.13 bits per heavy atom. The maximum Gasteiger partial charge on any atom is 0.255 e. The first kappa shape index (κ1) is 16.1. The van der Waals surface area contributed by atoms with E-state index in [0.717, 1.165) is 19.3 Å². The molecule has 3 rings (SSSR count). The number of carbonyl (C=O) groups excluding carboxylic acids is 1. The van der Waals surface area contributed by atoms with Crippen LogP contribution in [0.2, 0.25) is 0 Å². The van der Waals surface area contributed by atoms with Gasteiger partial charge in [-0.2, -0.15) is 0 Å². The van der Waals surface area contributed by atoms with Gasteiger partial charge in [0.1, 0.15) is 0 Å². The van der Waals surface area contributed by atoms with Gasteiger partial charge < -0.3 is 24.3 Å². The lowest BCUT2D eigenvalue weighted by molar-refractivity contribution is -0.157. The molecule has 1 N–H and O–H groups in total. The van der Waals surface area contributed by atoms with Gasteiger partial charge >= 0.3 is 0 Å². The fourth-order valence-electron chi connectivity index (χ4n) is 3.33. The zero-order valence-corrected chi connectivity index (χ0v) is 13.5. The number of nitrogens with one attached hydrogen (secondary N) is 1. The van der Waals surface area contributed by atoms with E-state index in [0.29, 0.717) is 30.3 Å². The first-order valence-corrected chi connectivity index (χ1v) is 7.98. The van der Waals surface area contributed by atoms with Gasteiger partial charge in [-0.25, -0.2) is 0 Å². The molecule has 6 nitrogen and oxygen atoms in total. The number of fused-ring (bicyclic) bond motifs is 1. The summed E-state index contributed by atoms with van der Waals surface area (Å²) in [6, 6.07) is 5.38. The summed E-state index contributed by atoms with van der Waals surface area (Å²) in [6.07, 6.45) is 2.83. The minimum atomic E-state index is -0.152. The highest BCUT2D eigenvalue weighted by Crippen LogP contribution is 2.31. The van der Waals surface area contributed by atoms with E-state index in [9.17, 15) is 4.79 Å². The lowest BCUT2D eigenvalue weighted by Crippen LogP contribution is -2.49. The van der Waals surface area contributed by atoms with Crippen LogP contribution in [0, 0.1) is 0 Å². The van der Waals surface area contributed by atoms with Crippen molar-refractivity contribution >= 4 is 5.91 Å². The molecule has 6 heteroatoms. The molecule has 0 spiro atoms. The average molecular weight is 321 g/mol. The van der Waals surface area contributed by atoms with Crippen LogP contribution in [-0.4, -0.2) is 51.6 Å². The molecule has 0 bridgehead atoms. The Labute approximate surface area is 136 Å². The molecule has 0 aromatic heterocycles. The van der Waals surface area contributed by atoms with Crippen LogP contribution in [0.5, 0.6) is 11.5 Å². The van der Waals surface area contributed by atoms with Gasteiger partial charge in [-0.05, 0) is 31.4 Å². The molecule has 1 aromatic rings. The number of ether oxygens (including phenoxy) is 4. The smallest absolute Gasteiger partial charge is 0.255 e. The fourth-order valence-corrected chi connectivity index (χ4v) is 3.33. The van der Waals surface area contributed by atoms with Crippen molar-refractivity contribution in [3.05, 3.63) is 23.8 Å². The zero-order chi connectivity index (χ0) is 16.2. The molecule has 1 aromatic carbocycles. The Morgan fingerprint density at radius 2 is 1.91 bits per heavy atom. The maximum absolute atomic E-state index is 12.6. The van der Waals surface area contributed by atoms with E-state index in [1.54, 1.807) is 25.3 Å². The van der Waals surface area contributed by atoms with E-state index in [-0.39, 0.29) is 24.2 Å². The predicted octanol–water partition coefficient (Wildman–Crippen LogP) is 1.77. The molecule has 1 heterocycles. The van der Waals surface area contributed by atoms with Crippen LogP contribution < -0.4 is 14.8 Å². The molecule has 1 aliphatic carbocycles. The summed E-state index contributed by atoms with van der Waals surface area (Å²) in [5.74, 6) is 0.854. The molecule has 3 unspecified atom stereocenters. The Hall–Kier alpha value is -1.79. The molecule has 23 heavy (non-hydrogen) atoms. The molecule has 0 radical (unpaired) electrons. The van der Waals surface area contributed by atoms with Gasteiger partial charge in [-0.3, -0.25) is 4.79 Å². The molecule has 2 fully saturated rings. The summed E-state index contributed by atoms with van der Waals surface area (Å²) in [5, 5.41) is 3.08. The van der Waals surface area contributed by atoms with E-state index >= 15 is 0 Å². The molecule has 1 saturated heterocycles. The average Bonchev–Trinajstić information content (AvgIpc) is 2.60. The van der Waals surface area contributed by atoms with Gasteiger partial charge in [0, 0.05) is 6.04 Å². The quantitative estimate of drug-likeness (QED) is 0.915. The normalized spacial score (nSPS) is 27.0. The zero-order valence-electron chi connectivity index (χ0n) is 13.5. The minimum Gasteiger partial charge on any atom is -0.493 e. The number of methoxy groups -OCH3 is 2. The van der Waals surface area contributed by atoms with Crippen LogP contribution in [0.4, 0.5) is 0 Å². The molecule has 1 saturated carbocycles. The minimum absolute atomic E-state index is 0.0787. The summed E-state index contributed by atoms with van der Waals surface area (Å²) < 4.78 is 22.1. The topological polar surface area (TPSA) is 66.0 Å². The first-order chi connectivity index (χ1) is 11.2. The molecule has 1 amide bonds. The van der Waals surface area contributed by atoms with Crippen molar-refractivity contribution in [1.82, 2.24) is 5.32 Å². The van der Waals surface area contributed by atoms with Crippen LogP contribution in [0.3, 0.4) is 0 Å². The molecular weight excluding hydrogens is 298 g/mol. The predicted molar refractivity (Wildman–Crippen MR) is 84.1 cm³/mol. The Balaban J connectivity index is 1.67. The van der Waals surface area contributed by atoms with Crippen molar-refractivity contribution in [2.24, 2.45) is 0 Å². The Bertz CT molecular complexity index is 562. The van der Waals surface area contributed by atoms with E-state index in [4.69, 9.17) is 18.9 Å².